The molecule has 0 saturated heterocycles. The van der Waals surface area contributed by atoms with Crippen molar-refractivity contribution in [1.29, 1.82) is 0 Å². The van der Waals surface area contributed by atoms with Crippen LogP contribution in [-0.4, -0.2) is 0 Å². The van der Waals surface area contributed by atoms with Gasteiger partial charge in [0.05, 0.1) is 5.41 Å². The molecule has 0 aromatic heterocycles. The number of hydrogen-bond donors (Lipinski definition) is 0. The fraction of sp³-hybridized carbons (Fsp3) is 0.308. The maximum atomic E-state index is 2.80. The van der Waals surface area contributed by atoms with Crippen molar-refractivity contribution >= 4 is 34.1 Å². The Labute approximate surface area is 473 Å². The monoisotopic (exact) mass is 1030 g/mol. The van der Waals surface area contributed by atoms with E-state index in [-0.39, 0.29) is 5.41 Å². The molecular formula is C78H70N2. The minimum atomic E-state index is -0.561. The number of rotatable bonds is 8. The average molecular weight is 1040 g/mol. The Balaban J connectivity index is 0.933. The quantitative estimate of drug-likeness (QED) is 0.150. The molecular weight excluding hydrogens is 965 g/mol. The van der Waals surface area contributed by atoms with Gasteiger partial charge in [-0.05, 0) is 274 Å². The van der Waals surface area contributed by atoms with Gasteiger partial charge in [-0.2, -0.15) is 0 Å². The number of benzene rings is 9. The molecule has 0 heterocycles. The van der Waals surface area contributed by atoms with Gasteiger partial charge in [0.1, 0.15) is 0 Å². The normalized spacial score (nSPS) is 28.5. The van der Waals surface area contributed by atoms with Gasteiger partial charge in [-0.15, -0.1) is 0 Å². The molecule has 8 bridgehead atoms. The van der Waals surface area contributed by atoms with Crippen LogP contribution in [-0.2, 0) is 10.8 Å². The summed E-state index contributed by atoms with van der Waals surface area (Å²) in [4.78, 5) is 5.38. The second kappa shape index (κ2) is 17.1. The van der Waals surface area contributed by atoms with Gasteiger partial charge in [-0.25, -0.2) is 0 Å². The van der Waals surface area contributed by atoms with E-state index in [1.165, 1.54) is 165 Å². The van der Waals surface area contributed by atoms with Gasteiger partial charge in [0.2, 0.25) is 0 Å². The molecule has 9 aromatic rings. The van der Waals surface area contributed by atoms with Gasteiger partial charge in [-0.1, -0.05) is 147 Å². The third kappa shape index (κ3) is 6.43. The maximum Gasteiger partial charge on any atom is 0.0727 e. The standard InChI is InChI=1S/C78H70N2/c1-77(2)67-27-15-12-24-59(67)62-42-58(30-31-68(62)77)80(57-22-10-5-11-23-57)74-46-72-64(44-66(74)76-53-38-49-33-50(40-53)41-54(76)39-49)61-26-14-17-29-70(61)78(72)69-28-16-13-25-60(69)63-43-65(75-51-34-47-32-48(36-51)37-52(75)35-47)73(45-71(63)78)79(55-18-6-3-7-19-55)56-20-8-4-9-21-56/h3-31,42-54,75-76H,32-41H2,1-2H3. The SMILES string of the molecule is CC1(C)c2ccccc2-c2cc(N(c3ccccc3)c3cc4c(cc3C3C5CC6CC(C5)CC3C6)-c3ccccc3C43c4ccccc4-c4cc(C5C6CC7CC(C6)CC5C7)c(N(c5ccccc5)c5ccccc5)cc43)ccc21. The van der Waals surface area contributed by atoms with Crippen LogP contribution in [0.2, 0.25) is 0 Å². The first kappa shape index (κ1) is 46.3. The fourth-order valence-corrected chi connectivity index (χ4v) is 20.5. The molecule has 80 heavy (non-hydrogen) atoms. The lowest BCUT2D eigenvalue weighted by Gasteiger charge is -2.55. The van der Waals surface area contributed by atoms with Crippen molar-refractivity contribution in [3.05, 3.63) is 251 Å². The molecule has 0 amide bonds. The van der Waals surface area contributed by atoms with Crippen LogP contribution in [0.4, 0.5) is 34.1 Å². The van der Waals surface area contributed by atoms with Crippen LogP contribution in [0.5, 0.6) is 0 Å². The minimum absolute atomic E-state index is 0.0754. The number of hydrogen-bond acceptors (Lipinski definition) is 2. The van der Waals surface area contributed by atoms with Crippen molar-refractivity contribution in [2.24, 2.45) is 47.3 Å². The second-order valence-corrected chi connectivity index (χ2v) is 27.2. The number of para-hydroxylation sites is 3. The Morgan fingerprint density at radius 3 is 1.05 bits per heavy atom. The predicted octanol–water partition coefficient (Wildman–Crippen LogP) is 20.4. The Morgan fingerprint density at radius 2 is 0.625 bits per heavy atom. The second-order valence-electron chi connectivity index (χ2n) is 27.2. The van der Waals surface area contributed by atoms with E-state index in [1.807, 2.05) is 0 Å². The first-order valence-corrected chi connectivity index (χ1v) is 30.9. The molecule has 11 aliphatic carbocycles. The van der Waals surface area contributed by atoms with E-state index in [2.05, 4.69) is 230 Å². The molecule has 0 N–H and O–H groups in total. The zero-order valence-corrected chi connectivity index (χ0v) is 46.4. The summed E-state index contributed by atoms with van der Waals surface area (Å²) in [6.45, 7) is 4.84. The van der Waals surface area contributed by atoms with Crippen molar-refractivity contribution in [3.8, 4) is 33.4 Å². The van der Waals surface area contributed by atoms with Crippen LogP contribution in [0.25, 0.3) is 33.4 Å². The molecule has 1 unspecified atom stereocenters. The van der Waals surface area contributed by atoms with E-state index in [0.29, 0.717) is 23.7 Å². The van der Waals surface area contributed by atoms with Crippen molar-refractivity contribution in [3.63, 3.8) is 0 Å². The average Bonchev–Trinajstić information content (AvgIpc) is 2.79. The lowest BCUT2D eigenvalue weighted by Crippen LogP contribution is -2.44. The summed E-state index contributed by atoms with van der Waals surface area (Å²) in [6.07, 6.45) is 13.9. The fourth-order valence-electron chi connectivity index (χ4n) is 20.5. The van der Waals surface area contributed by atoms with Gasteiger partial charge >= 0.3 is 0 Å². The van der Waals surface area contributed by atoms with E-state index in [1.54, 1.807) is 11.1 Å². The minimum Gasteiger partial charge on any atom is -0.310 e. The number of anilines is 6. The molecule has 8 fully saturated rings. The van der Waals surface area contributed by atoms with E-state index >= 15 is 0 Å². The van der Waals surface area contributed by atoms with Crippen LogP contribution in [0, 0.1) is 47.3 Å². The summed E-state index contributed by atoms with van der Waals surface area (Å²) in [6, 6.07) is 81.4. The van der Waals surface area contributed by atoms with Gasteiger partial charge < -0.3 is 9.80 Å². The zero-order valence-electron chi connectivity index (χ0n) is 46.4. The first-order chi connectivity index (χ1) is 39.4. The summed E-state index contributed by atoms with van der Waals surface area (Å²) in [5.74, 6) is 7.48. The highest BCUT2D eigenvalue weighted by molar-refractivity contribution is 5.99. The maximum absolute atomic E-state index is 2.80. The summed E-state index contributed by atoms with van der Waals surface area (Å²) in [5, 5.41) is 0. The lowest BCUT2D eigenvalue weighted by molar-refractivity contribution is -0.00263. The smallest absolute Gasteiger partial charge is 0.0727 e. The Hall–Kier alpha value is -7.42. The molecule has 20 rings (SSSR count). The molecule has 392 valence electrons. The summed E-state index contributed by atoms with van der Waals surface area (Å²) in [7, 11) is 0. The van der Waals surface area contributed by atoms with E-state index in [4.69, 9.17) is 0 Å². The van der Waals surface area contributed by atoms with Gasteiger partial charge in [0, 0.05) is 39.5 Å². The van der Waals surface area contributed by atoms with Crippen LogP contribution in [0.1, 0.15) is 134 Å². The van der Waals surface area contributed by atoms with Crippen LogP contribution in [0.3, 0.4) is 0 Å². The van der Waals surface area contributed by atoms with E-state index in [0.717, 1.165) is 35.5 Å². The lowest BCUT2D eigenvalue weighted by atomic mass is 9.50. The van der Waals surface area contributed by atoms with Crippen molar-refractivity contribution in [1.82, 2.24) is 0 Å². The topological polar surface area (TPSA) is 6.48 Å². The molecule has 0 radical (unpaired) electrons. The highest BCUT2D eigenvalue weighted by Gasteiger charge is 2.56. The number of nitrogens with zero attached hydrogens (tertiary/aromatic N) is 2. The predicted molar refractivity (Wildman–Crippen MR) is 329 cm³/mol. The first-order valence-electron chi connectivity index (χ1n) is 30.9. The van der Waals surface area contributed by atoms with Gasteiger partial charge in [-0.3, -0.25) is 0 Å². The van der Waals surface area contributed by atoms with Crippen molar-refractivity contribution < 1.29 is 0 Å². The molecule has 11 aliphatic rings. The molecule has 0 aliphatic heterocycles. The third-order valence-corrected chi connectivity index (χ3v) is 22.9. The van der Waals surface area contributed by atoms with Crippen LogP contribution < -0.4 is 9.80 Å². The van der Waals surface area contributed by atoms with E-state index < -0.39 is 5.41 Å². The molecule has 2 heteroatoms. The summed E-state index contributed by atoms with van der Waals surface area (Å²) >= 11 is 0. The highest BCUT2D eigenvalue weighted by Crippen LogP contribution is 2.69. The van der Waals surface area contributed by atoms with E-state index in [9.17, 15) is 0 Å². The van der Waals surface area contributed by atoms with Gasteiger partial charge in [0.15, 0.2) is 0 Å². The van der Waals surface area contributed by atoms with Gasteiger partial charge in [0.25, 0.3) is 0 Å². The molecule has 8 saturated carbocycles. The Morgan fingerprint density at radius 1 is 0.287 bits per heavy atom. The number of fused-ring (bicyclic) bond motifs is 13. The molecule has 2 nitrogen and oxygen atoms in total. The van der Waals surface area contributed by atoms with Crippen molar-refractivity contribution in [2.75, 3.05) is 9.80 Å². The highest BCUT2D eigenvalue weighted by atomic mass is 15.2. The van der Waals surface area contributed by atoms with Crippen LogP contribution >= 0.6 is 0 Å². The molecule has 1 atom stereocenters. The summed E-state index contributed by atoms with van der Waals surface area (Å²) in [5.41, 5.74) is 27.1. The van der Waals surface area contributed by atoms with Crippen molar-refractivity contribution in [2.45, 2.75) is 101 Å². The third-order valence-electron chi connectivity index (χ3n) is 22.9. The largest absolute Gasteiger partial charge is 0.310 e. The summed E-state index contributed by atoms with van der Waals surface area (Å²) < 4.78 is 0. The Kier molecular flexibility index (Phi) is 9.88. The van der Waals surface area contributed by atoms with Crippen LogP contribution in [0.15, 0.2) is 206 Å². The zero-order chi connectivity index (χ0) is 52.6. The molecule has 1 spiro atoms. The Bertz CT molecular complexity index is 3870. The molecule has 9 aromatic carbocycles.